The third-order valence-corrected chi connectivity index (χ3v) is 3.15. The van der Waals surface area contributed by atoms with Crippen LogP contribution >= 0.6 is 0 Å². The van der Waals surface area contributed by atoms with Gasteiger partial charge in [0.1, 0.15) is 5.75 Å². The summed E-state index contributed by atoms with van der Waals surface area (Å²) < 4.78 is 5.53. The number of hydrogen-bond donors (Lipinski definition) is 2. The smallest absolute Gasteiger partial charge is 0.230 e. The summed E-state index contributed by atoms with van der Waals surface area (Å²) in [5.41, 5.74) is 1.34. The molecule has 0 fully saturated rings. The van der Waals surface area contributed by atoms with Gasteiger partial charge in [-0.05, 0) is 25.2 Å². The second-order valence-corrected chi connectivity index (χ2v) is 4.64. The lowest BCUT2D eigenvalue weighted by atomic mass is 10.2. The van der Waals surface area contributed by atoms with Gasteiger partial charge >= 0.3 is 0 Å². The summed E-state index contributed by atoms with van der Waals surface area (Å²) in [6.07, 6.45) is 0.758. The average molecular weight is 277 g/mol. The lowest BCUT2D eigenvalue weighted by Crippen LogP contribution is -2.25. The number of rotatable bonds is 4. The number of carbonyl (C=O) groups is 2. The highest BCUT2D eigenvalue weighted by molar-refractivity contribution is 5.97. The molecule has 1 aliphatic heterocycles. The summed E-state index contributed by atoms with van der Waals surface area (Å²) >= 11 is 0. The molecular weight excluding hydrogens is 258 g/mol. The van der Waals surface area contributed by atoms with Gasteiger partial charge < -0.3 is 20.3 Å². The second kappa shape index (κ2) is 6.38. The Labute approximate surface area is 118 Å². The molecule has 0 saturated heterocycles. The maximum Gasteiger partial charge on any atom is 0.230 e. The molecule has 0 bridgehead atoms. The van der Waals surface area contributed by atoms with Crippen LogP contribution in [0.15, 0.2) is 18.2 Å². The monoisotopic (exact) mass is 277 g/mol. The molecule has 2 rings (SSSR count). The topological polar surface area (TPSA) is 70.7 Å². The average Bonchev–Trinajstić information content (AvgIpc) is 2.57. The molecule has 0 spiro atoms. The molecule has 1 aromatic rings. The zero-order chi connectivity index (χ0) is 14.5. The first-order valence-corrected chi connectivity index (χ1v) is 6.59. The molecule has 20 heavy (non-hydrogen) atoms. The molecule has 108 valence electrons. The minimum atomic E-state index is -0.0668. The molecule has 0 radical (unpaired) electrons. The molecular formula is C14H19N3O3. The van der Waals surface area contributed by atoms with E-state index in [-0.39, 0.29) is 11.8 Å². The number of carbonyl (C=O) groups excluding carboxylic acids is 2. The minimum Gasteiger partial charge on any atom is -0.491 e. The van der Waals surface area contributed by atoms with Gasteiger partial charge in [-0.2, -0.15) is 0 Å². The van der Waals surface area contributed by atoms with Crippen LogP contribution in [0.3, 0.4) is 0 Å². The summed E-state index contributed by atoms with van der Waals surface area (Å²) in [4.78, 5) is 25.1. The fourth-order valence-electron chi connectivity index (χ4n) is 1.99. The van der Waals surface area contributed by atoms with Gasteiger partial charge in [0.05, 0.1) is 18.7 Å². The summed E-state index contributed by atoms with van der Waals surface area (Å²) in [5, 5.41) is 5.73. The predicted molar refractivity (Wildman–Crippen MR) is 77.1 cm³/mol. The molecule has 1 aliphatic rings. The first-order chi connectivity index (χ1) is 9.61. The maximum absolute atomic E-state index is 11.8. The van der Waals surface area contributed by atoms with E-state index in [1.165, 1.54) is 0 Å². The highest BCUT2D eigenvalue weighted by Crippen LogP contribution is 2.33. The number of hydrogen-bond acceptors (Lipinski definition) is 4. The molecule has 1 heterocycles. The first kappa shape index (κ1) is 14.3. The second-order valence-electron chi connectivity index (χ2n) is 4.64. The van der Waals surface area contributed by atoms with Gasteiger partial charge in [0.2, 0.25) is 11.8 Å². The van der Waals surface area contributed by atoms with Gasteiger partial charge in [0, 0.05) is 25.7 Å². The maximum atomic E-state index is 11.8. The van der Waals surface area contributed by atoms with Crippen molar-refractivity contribution in [2.24, 2.45) is 0 Å². The van der Waals surface area contributed by atoms with Crippen LogP contribution in [-0.4, -0.2) is 39.1 Å². The van der Waals surface area contributed by atoms with Gasteiger partial charge in [-0.15, -0.1) is 0 Å². The van der Waals surface area contributed by atoms with Crippen LogP contribution in [0, 0.1) is 0 Å². The molecule has 2 N–H and O–H groups in total. The van der Waals surface area contributed by atoms with E-state index in [2.05, 4.69) is 10.6 Å². The fourth-order valence-corrected chi connectivity index (χ4v) is 1.99. The molecule has 1 aromatic carbocycles. The fraction of sp³-hybridized carbons (Fsp3) is 0.429. The van der Waals surface area contributed by atoms with Crippen LogP contribution < -0.4 is 20.3 Å². The third-order valence-electron chi connectivity index (χ3n) is 3.15. The van der Waals surface area contributed by atoms with E-state index >= 15 is 0 Å². The van der Waals surface area contributed by atoms with Crippen molar-refractivity contribution in [1.82, 2.24) is 5.32 Å². The van der Waals surface area contributed by atoms with Crippen molar-refractivity contribution < 1.29 is 14.3 Å². The van der Waals surface area contributed by atoms with Gasteiger partial charge in [-0.3, -0.25) is 9.59 Å². The van der Waals surface area contributed by atoms with E-state index in [4.69, 9.17) is 4.74 Å². The molecule has 0 unspecified atom stereocenters. The van der Waals surface area contributed by atoms with Gasteiger partial charge in [0.25, 0.3) is 0 Å². The molecule has 0 aromatic heterocycles. The lowest BCUT2D eigenvalue weighted by molar-refractivity contribution is -0.118. The van der Waals surface area contributed by atoms with Gasteiger partial charge in [0.15, 0.2) is 0 Å². The van der Waals surface area contributed by atoms with Crippen LogP contribution in [0.25, 0.3) is 0 Å². The normalized spacial score (nSPS) is 14.3. The van der Waals surface area contributed by atoms with Crippen molar-refractivity contribution in [2.45, 2.75) is 12.8 Å². The summed E-state index contributed by atoms with van der Waals surface area (Å²) in [5.74, 6) is 0.594. The summed E-state index contributed by atoms with van der Waals surface area (Å²) in [6.45, 7) is 1.00. The van der Waals surface area contributed by atoms with E-state index < -0.39 is 0 Å². The highest BCUT2D eigenvalue weighted by Gasteiger charge is 2.20. The van der Waals surface area contributed by atoms with E-state index in [0.717, 1.165) is 0 Å². The predicted octanol–water partition coefficient (Wildman–Crippen LogP) is 0.980. The van der Waals surface area contributed by atoms with E-state index in [1.807, 2.05) is 0 Å². The van der Waals surface area contributed by atoms with Crippen LogP contribution in [-0.2, 0) is 9.59 Å². The molecule has 0 aliphatic carbocycles. The number of ether oxygens (including phenoxy) is 1. The van der Waals surface area contributed by atoms with Crippen molar-refractivity contribution in [1.29, 1.82) is 0 Å². The molecule has 2 amide bonds. The van der Waals surface area contributed by atoms with Gasteiger partial charge in [-0.1, -0.05) is 0 Å². The zero-order valence-corrected chi connectivity index (χ0v) is 11.7. The van der Waals surface area contributed by atoms with Crippen molar-refractivity contribution in [2.75, 3.05) is 37.5 Å². The van der Waals surface area contributed by atoms with Gasteiger partial charge in [-0.25, -0.2) is 0 Å². The SMILES string of the molecule is CNCCC(=O)Nc1ccc2c(c1)N(C)C(=O)CCO2. The Morgan fingerprint density at radius 3 is 3.00 bits per heavy atom. The van der Waals surface area contributed by atoms with Crippen molar-refractivity contribution >= 4 is 23.2 Å². The number of anilines is 2. The van der Waals surface area contributed by atoms with E-state index in [0.29, 0.717) is 43.1 Å². The minimum absolute atomic E-state index is 0.00223. The van der Waals surface area contributed by atoms with Crippen LogP contribution in [0.5, 0.6) is 5.75 Å². The highest BCUT2D eigenvalue weighted by atomic mass is 16.5. The lowest BCUT2D eigenvalue weighted by Gasteiger charge is -2.17. The number of nitrogens with zero attached hydrogens (tertiary/aromatic N) is 1. The third kappa shape index (κ3) is 3.27. The van der Waals surface area contributed by atoms with Crippen LogP contribution in [0.1, 0.15) is 12.8 Å². The molecule has 0 saturated carbocycles. The Hall–Kier alpha value is -2.08. The summed E-state index contributed by atoms with van der Waals surface area (Å²) in [7, 11) is 3.51. The first-order valence-electron chi connectivity index (χ1n) is 6.59. The molecule has 6 heteroatoms. The number of benzene rings is 1. The van der Waals surface area contributed by atoms with Crippen molar-refractivity contribution in [3.05, 3.63) is 18.2 Å². The van der Waals surface area contributed by atoms with Crippen molar-refractivity contribution in [3.63, 3.8) is 0 Å². The van der Waals surface area contributed by atoms with Crippen LogP contribution in [0.2, 0.25) is 0 Å². The number of amides is 2. The quantitative estimate of drug-likeness (QED) is 0.860. The van der Waals surface area contributed by atoms with E-state index in [1.54, 1.807) is 37.2 Å². The number of nitrogens with one attached hydrogen (secondary N) is 2. The molecule has 6 nitrogen and oxygen atoms in total. The Balaban J connectivity index is 2.16. The van der Waals surface area contributed by atoms with E-state index in [9.17, 15) is 9.59 Å². The largest absolute Gasteiger partial charge is 0.491 e. The number of fused-ring (bicyclic) bond motifs is 1. The van der Waals surface area contributed by atoms with Crippen molar-refractivity contribution in [3.8, 4) is 5.75 Å². The van der Waals surface area contributed by atoms with Crippen LogP contribution in [0.4, 0.5) is 11.4 Å². The summed E-state index contributed by atoms with van der Waals surface area (Å²) in [6, 6.07) is 5.31. The Morgan fingerprint density at radius 1 is 1.45 bits per heavy atom. The Morgan fingerprint density at radius 2 is 2.25 bits per heavy atom. The Kier molecular flexibility index (Phi) is 4.57. The molecule has 0 atom stereocenters. The Bertz CT molecular complexity index is 516. The standard InChI is InChI=1S/C14H19N3O3/c1-15-7-5-13(18)16-10-3-4-12-11(9-10)17(2)14(19)6-8-20-12/h3-4,9,15H,5-8H2,1-2H3,(H,16,18). The zero-order valence-electron chi connectivity index (χ0n) is 11.7.